The lowest BCUT2D eigenvalue weighted by Gasteiger charge is -2.23. The molecule has 3 heteroatoms. The Morgan fingerprint density at radius 3 is 2.81 bits per heavy atom. The van der Waals surface area contributed by atoms with Gasteiger partial charge in [0.1, 0.15) is 0 Å². The second kappa shape index (κ2) is 4.58. The fourth-order valence-corrected chi connectivity index (χ4v) is 2.92. The van der Waals surface area contributed by atoms with Gasteiger partial charge in [-0.1, -0.05) is 12.1 Å². The SMILES string of the molecule is Cc1cccc(Br)c1C(=O)N1CCCC1C. The lowest BCUT2D eigenvalue weighted by Crippen LogP contribution is -2.34. The molecule has 1 atom stereocenters. The minimum absolute atomic E-state index is 0.162. The van der Waals surface area contributed by atoms with E-state index in [4.69, 9.17) is 0 Å². The fraction of sp³-hybridized carbons (Fsp3) is 0.462. The van der Waals surface area contributed by atoms with Gasteiger partial charge in [-0.05, 0) is 54.2 Å². The van der Waals surface area contributed by atoms with Crippen LogP contribution in [0.2, 0.25) is 0 Å². The number of carbonyl (C=O) groups excluding carboxylic acids is 1. The normalized spacial score (nSPS) is 20.2. The van der Waals surface area contributed by atoms with Crippen LogP contribution >= 0.6 is 15.9 Å². The van der Waals surface area contributed by atoms with Crippen molar-refractivity contribution in [2.45, 2.75) is 32.7 Å². The first-order valence-electron chi connectivity index (χ1n) is 5.67. The molecule has 86 valence electrons. The molecule has 1 aliphatic rings. The second-order valence-electron chi connectivity index (χ2n) is 4.42. The summed E-state index contributed by atoms with van der Waals surface area (Å²) in [6.45, 7) is 5.00. The number of amides is 1. The molecule has 1 saturated heterocycles. The van der Waals surface area contributed by atoms with Gasteiger partial charge in [-0.25, -0.2) is 0 Å². The standard InChI is InChI=1S/C13H16BrNO/c1-9-5-3-7-11(14)12(9)13(16)15-8-4-6-10(15)2/h3,5,7,10H,4,6,8H2,1-2H3. The van der Waals surface area contributed by atoms with Gasteiger partial charge in [0.05, 0.1) is 5.56 Å². The summed E-state index contributed by atoms with van der Waals surface area (Å²) in [6.07, 6.45) is 2.24. The van der Waals surface area contributed by atoms with Crippen LogP contribution in [0.4, 0.5) is 0 Å². The van der Waals surface area contributed by atoms with Gasteiger partial charge in [0.15, 0.2) is 0 Å². The van der Waals surface area contributed by atoms with Gasteiger partial charge in [-0.2, -0.15) is 0 Å². The van der Waals surface area contributed by atoms with E-state index in [2.05, 4.69) is 22.9 Å². The minimum Gasteiger partial charge on any atom is -0.336 e. The number of carbonyl (C=O) groups is 1. The zero-order chi connectivity index (χ0) is 11.7. The van der Waals surface area contributed by atoms with Crippen molar-refractivity contribution in [3.8, 4) is 0 Å². The number of benzene rings is 1. The Bertz CT molecular complexity index is 396. The molecular weight excluding hydrogens is 266 g/mol. The summed E-state index contributed by atoms with van der Waals surface area (Å²) >= 11 is 3.47. The third-order valence-corrected chi connectivity index (χ3v) is 3.91. The molecule has 0 saturated carbocycles. The van der Waals surface area contributed by atoms with E-state index in [-0.39, 0.29) is 5.91 Å². The topological polar surface area (TPSA) is 20.3 Å². The molecule has 1 unspecified atom stereocenters. The van der Waals surface area contributed by atoms with E-state index in [0.29, 0.717) is 6.04 Å². The Labute approximate surface area is 105 Å². The summed E-state index contributed by atoms with van der Waals surface area (Å²) in [5.41, 5.74) is 1.86. The van der Waals surface area contributed by atoms with Crippen LogP contribution in [0.15, 0.2) is 22.7 Å². The predicted octanol–water partition coefficient (Wildman–Crippen LogP) is 3.38. The smallest absolute Gasteiger partial charge is 0.255 e. The first kappa shape index (κ1) is 11.6. The zero-order valence-electron chi connectivity index (χ0n) is 9.66. The number of halogens is 1. The highest BCUT2D eigenvalue weighted by atomic mass is 79.9. The summed E-state index contributed by atoms with van der Waals surface area (Å²) < 4.78 is 0.900. The van der Waals surface area contributed by atoms with Crippen LogP contribution in [0, 0.1) is 6.92 Å². The van der Waals surface area contributed by atoms with Crippen LogP contribution in [0.1, 0.15) is 35.7 Å². The van der Waals surface area contributed by atoms with Crippen molar-refractivity contribution in [3.63, 3.8) is 0 Å². The van der Waals surface area contributed by atoms with Gasteiger partial charge < -0.3 is 4.90 Å². The summed E-state index contributed by atoms with van der Waals surface area (Å²) in [5, 5.41) is 0. The molecule has 2 nitrogen and oxygen atoms in total. The van der Waals surface area contributed by atoms with Crippen LogP contribution in [-0.4, -0.2) is 23.4 Å². The Morgan fingerprint density at radius 2 is 2.25 bits per heavy atom. The van der Waals surface area contributed by atoms with E-state index in [9.17, 15) is 4.79 Å². The van der Waals surface area contributed by atoms with Crippen LogP contribution < -0.4 is 0 Å². The van der Waals surface area contributed by atoms with E-state index in [1.165, 1.54) is 0 Å². The second-order valence-corrected chi connectivity index (χ2v) is 5.28. The Hall–Kier alpha value is -0.830. The molecular formula is C13H16BrNO. The maximum atomic E-state index is 12.4. The lowest BCUT2D eigenvalue weighted by molar-refractivity contribution is 0.0746. The van der Waals surface area contributed by atoms with Crippen molar-refractivity contribution in [1.82, 2.24) is 4.90 Å². The van der Waals surface area contributed by atoms with Crippen molar-refractivity contribution in [2.75, 3.05) is 6.54 Å². The quantitative estimate of drug-likeness (QED) is 0.773. The number of nitrogens with zero attached hydrogens (tertiary/aromatic N) is 1. The van der Waals surface area contributed by atoms with Gasteiger partial charge in [-0.3, -0.25) is 4.79 Å². The monoisotopic (exact) mass is 281 g/mol. The maximum Gasteiger partial charge on any atom is 0.255 e. The van der Waals surface area contributed by atoms with Crippen LogP contribution in [0.25, 0.3) is 0 Å². The van der Waals surface area contributed by atoms with E-state index in [0.717, 1.165) is 35.0 Å². The van der Waals surface area contributed by atoms with Crippen molar-refractivity contribution in [2.24, 2.45) is 0 Å². The largest absolute Gasteiger partial charge is 0.336 e. The zero-order valence-corrected chi connectivity index (χ0v) is 11.3. The Kier molecular flexibility index (Phi) is 3.33. The predicted molar refractivity (Wildman–Crippen MR) is 68.6 cm³/mol. The molecule has 1 aromatic rings. The van der Waals surface area contributed by atoms with E-state index < -0.39 is 0 Å². The number of likely N-dealkylation sites (tertiary alicyclic amines) is 1. The number of aryl methyl sites for hydroxylation is 1. The molecule has 0 aromatic heterocycles. The highest BCUT2D eigenvalue weighted by Crippen LogP contribution is 2.25. The van der Waals surface area contributed by atoms with Crippen molar-refractivity contribution in [3.05, 3.63) is 33.8 Å². The van der Waals surface area contributed by atoms with Crippen molar-refractivity contribution >= 4 is 21.8 Å². The maximum absolute atomic E-state index is 12.4. The Morgan fingerprint density at radius 1 is 1.50 bits per heavy atom. The first-order valence-corrected chi connectivity index (χ1v) is 6.46. The summed E-state index contributed by atoms with van der Waals surface area (Å²) in [4.78, 5) is 14.4. The molecule has 1 aromatic carbocycles. The van der Waals surface area contributed by atoms with Crippen LogP contribution in [0.3, 0.4) is 0 Å². The molecule has 0 radical (unpaired) electrons. The molecule has 0 aliphatic carbocycles. The molecule has 1 aliphatic heterocycles. The van der Waals surface area contributed by atoms with Gasteiger partial charge in [0.2, 0.25) is 0 Å². The van der Waals surface area contributed by atoms with Gasteiger partial charge in [0, 0.05) is 17.1 Å². The number of rotatable bonds is 1. The highest BCUT2D eigenvalue weighted by molar-refractivity contribution is 9.10. The molecule has 2 rings (SSSR count). The average Bonchev–Trinajstić information content (AvgIpc) is 2.64. The van der Waals surface area contributed by atoms with Crippen LogP contribution in [0.5, 0.6) is 0 Å². The first-order chi connectivity index (χ1) is 7.61. The third kappa shape index (κ3) is 2.01. The lowest BCUT2D eigenvalue weighted by atomic mass is 10.1. The third-order valence-electron chi connectivity index (χ3n) is 3.25. The molecule has 0 N–H and O–H groups in total. The number of hydrogen-bond donors (Lipinski definition) is 0. The van der Waals surface area contributed by atoms with Gasteiger partial charge >= 0.3 is 0 Å². The molecule has 0 spiro atoms. The summed E-state index contributed by atoms with van der Waals surface area (Å²) in [5.74, 6) is 0.162. The van der Waals surface area contributed by atoms with Crippen molar-refractivity contribution < 1.29 is 4.79 Å². The van der Waals surface area contributed by atoms with Gasteiger partial charge in [0.25, 0.3) is 5.91 Å². The van der Waals surface area contributed by atoms with E-state index in [1.807, 2.05) is 30.0 Å². The van der Waals surface area contributed by atoms with Gasteiger partial charge in [-0.15, -0.1) is 0 Å². The summed E-state index contributed by atoms with van der Waals surface area (Å²) in [7, 11) is 0. The van der Waals surface area contributed by atoms with Crippen molar-refractivity contribution in [1.29, 1.82) is 0 Å². The molecule has 0 bridgehead atoms. The molecule has 1 heterocycles. The summed E-state index contributed by atoms with van der Waals surface area (Å²) in [6, 6.07) is 6.25. The molecule has 1 amide bonds. The average molecular weight is 282 g/mol. The highest BCUT2D eigenvalue weighted by Gasteiger charge is 2.27. The van der Waals surface area contributed by atoms with E-state index in [1.54, 1.807) is 0 Å². The number of hydrogen-bond acceptors (Lipinski definition) is 1. The fourth-order valence-electron chi connectivity index (χ4n) is 2.28. The molecule has 16 heavy (non-hydrogen) atoms. The molecule has 1 fully saturated rings. The van der Waals surface area contributed by atoms with E-state index >= 15 is 0 Å². The minimum atomic E-state index is 0.162. The van der Waals surface area contributed by atoms with Crippen LogP contribution in [-0.2, 0) is 0 Å². The Balaban J connectivity index is 2.33.